The molecule has 114 valence electrons. The molecule has 0 radical (unpaired) electrons. The van der Waals surface area contributed by atoms with Crippen LogP contribution in [-0.2, 0) is 11.3 Å². The van der Waals surface area contributed by atoms with Crippen LogP contribution in [0, 0.1) is 0 Å². The van der Waals surface area contributed by atoms with Crippen molar-refractivity contribution in [2.45, 2.75) is 32.2 Å². The van der Waals surface area contributed by atoms with E-state index >= 15 is 0 Å². The number of hydrogen-bond donors (Lipinski definition) is 2. The zero-order chi connectivity index (χ0) is 14.9. The summed E-state index contributed by atoms with van der Waals surface area (Å²) in [4.78, 5) is 12.6. The van der Waals surface area contributed by atoms with Gasteiger partial charge in [-0.15, -0.1) is 10.2 Å². The lowest BCUT2D eigenvalue weighted by atomic mass is 10.2. The molecular formula is C13H20N6OS. The molecule has 2 rings (SSSR count). The maximum Gasteiger partial charge on any atom is 0.233 e. The first-order valence-corrected chi connectivity index (χ1v) is 8.01. The average Bonchev–Trinajstić information content (AvgIpc) is 3.16. The van der Waals surface area contributed by atoms with E-state index in [1.807, 2.05) is 16.8 Å². The van der Waals surface area contributed by atoms with Crippen molar-refractivity contribution < 1.29 is 4.79 Å². The van der Waals surface area contributed by atoms with Crippen LogP contribution < -0.4 is 11.1 Å². The number of nitrogens with one attached hydrogen (secondary N) is 1. The van der Waals surface area contributed by atoms with Crippen molar-refractivity contribution in [2.24, 2.45) is 5.73 Å². The van der Waals surface area contributed by atoms with E-state index < -0.39 is 0 Å². The van der Waals surface area contributed by atoms with Crippen LogP contribution >= 0.6 is 11.3 Å². The number of aromatic nitrogens is 4. The van der Waals surface area contributed by atoms with Crippen LogP contribution in [0.5, 0.6) is 0 Å². The van der Waals surface area contributed by atoms with Gasteiger partial charge in [-0.05, 0) is 29.5 Å². The summed E-state index contributed by atoms with van der Waals surface area (Å²) < 4.78 is 0. The van der Waals surface area contributed by atoms with Crippen LogP contribution in [0.3, 0.4) is 0 Å². The maximum atomic E-state index is 10.9. The number of nitrogens with zero attached hydrogens (tertiary/aromatic N) is 4. The van der Waals surface area contributed by atoms with Crippen molar-refractivity contribution in [3.63, 3.8) is 0 Å². The minimum Gasteiger partial charge on any atom is -0.355 e. The molecule has 0 aliphatic carbocycles. The van der Waals surface area contributed by atoms with Gasteiger partial charge in [0.25, 0.3) is 0 Å². The molecule has 2 aromatic rings. The van der Waals surface area contributed by atoms with E-state index in [4.69, 9.17) is 5.73 Å². The van der Waals surface area contributed by atoms with Crippen LogP contribution in [0.15, 0.2) is 16.8 Å². The predicted octanol–water partition coefficient (Wildman–Crippen LogP) is 1.04. The quantitative estimate of drug-likeness (QED) is 0.674. The lowest BCUT2D eigenvalue weighted by Gasteiger charge is -2.03. The Hall–Kier alpha value is -1.80. The topological polar surface area (TPSA) is 98.7 Å². The summed E-state index contributed by atoms with van der Waals surface area (Å²) in [6.07, 6.45) is 4.12. The summed E-state index contributed by atoms with van der Waals surface area (Å²) in [5.74, 6) is 0.587. The van der Waals surface area contributed by atoms with Gasteiger partial charge in [-0.25, -0.2) is 0 Å². The summed E-state index contributed by atoms with van der Waals surface area (Å²) in [5, 5.41) is 19.2. The Labute approximate surface area is 127 Å². The molecule has 0 saturated carbocycles. The lowest BCUT2D eigenvalue weighted by Crippen LogP contribution is -2.30. The first kappa shape index (κ1) is 15.6. The number of nitrogens with two attached hydrogens (primary N) is 1. The van der Waals surface area contributed by atoms with Crippen molar-refractivity contribution in [1.82, 2.24) is 25.5 Å². The van der Waals surface area contributed by atoms with Crippen molar-refractivity contribution in [1.29, 1.82) is 0 Å². The molecule has 21 heavy (non-hydrogen) atoms. The van der Waals surface area contributed by atoms with E-state index in [9.17, 15) is 4.79 Å². The zero-order valence-electron chi connectivity index (χ0n) is 11.9. The van der Waals surface area contributed by atoms with Gasteiger partial charge in [0.05, 0.1) is 13.1 Å². The second-order valence-electron chi connectivity index (χ2n) is 4.69. The van der Waals surface area contributed by atoms with E-state index in [0.29, 0.717) is 12.4 Å². The second-order valence-corrected chi connectivity index (χ2v) is 5.47. The van der Waals surface area contributed by atoms with Crippen molar-refractivity contribution in [2.75, 3.05) is 13.1 Å². The molecule has 2 aromatic heterocycles. The van der Waals surface area contributed by atoms with Gasteiger partial charge in [0.1, 0.15) is 0 Å². The van der Waals surface area contributed by atoms with Gasteiger partial charge in [0.2, 0.25) is 11.7 Å². The highest BCUT2D eigenvalue weighted by molar-refractivity contribution is 7.08. The van der Waals surface area contributed by atoms with Crippen molar-refractivity contribution in [3.8, 4) is 11.4 Å². The average molecular weight is 308 g/mol. The molecule has 1 amide bonds. The van der Waals surface area contributed by atoms with Crippen LogP contribution in [-0.4, -0.2) is 39.2 Å². The molecule has 0 unspecified atom stereocenters. The smallest absolute Gasteiger partial charge is 0.233 e. The molecule has 0 atom stereocenters. The fourth-order valence-electron chi connectivity index (χ4n) is 1.88. The number of amides is 1. The highest BCUT2D eigenvalue weighted by Crippen LogP contribution is 2.16. The molecule has 7 nitrogen and oxygen atoms in total. The summed E-state index contributed by atoms with van der Waals surface area (Å²) in [5.41, 5.74) is 6.22. The fourth-order valence-corrected chi connectivity index (χ4v) is 2.51. The number of aryl methyl sites for hydroxylation is 1. The van der Waals surface area contributed by atoms with Crippen molar-refractivity contribution >= 4 is 17.2 Å². The summed E-state index contributed by atoms with van der Waals surface area (Å²) in [7, 11) is 0. The zero-order valence-corrected chi connectivity index (χ0v) is 12.7. The molecule has 0 fully saturated rings. The Kier molecular flexibility index (Phi) is 6.29. The number of thiophene rings is 1. The third-order valence-corrected chi connectivity index (χ3v) is 3.71. The molecule has 0 aliphatic heterocycles. The van der Waals surface area contributed by atoms with E-state index in [0.717, 1.165) is 37.8 Å². The number of carbonyl (C=O) groups excluding carboxylic acids is 1. The summed E-state index contributed by atoms with van der Waals surface area (Å²) in [6.45, 7) is 1.52. The van der Waals surface area contributed by atoms with E-state index in [2.05, 4.69) is 20.7 Å². The first-order valence-electron chi connectivity index (χ1n) is 7.07. The van der Waals surface area contributed by atoms with Crippen LogP contribution in [0.4, 0.5) is 0 Å². The number of rotatable bonds is 9. The summed E-state index contributed by atoms with van der Waals surface area (Å²) >= 11 is 1.62. The standard InChI is InChI=1S/C13H20N6OS/c14-9-12(20)15-6-3-1-2-4-7-19-17-13(16-18-19)11-5-8-21-10-11/h5,8,10H,1-4,6-7,9,14H2,(H,15,20). The minimum atomic E-state index is -0.0947. The van der Waals surface area contributed by atoms with E-state index in [1.165, 1.54) is 0 Å². The molecule has 2 heterocycles. The highest BCUT2D eigenvalue weighted by atomic mass is 32.1. The van der Waals surface area contributed by atoms with Gasteiger partial charge in [-0.3, -0.25) is 4.79 Å². The fraction of sp³-hybridized carbons (Fsp3) is 0.538. The maximum absolute atomic E-state index is 10.9. The Morgan fingerprint density at radius 3 is 2.95 bits per heavy atom. The van der Waals surface area contributed by atoms with Gasteiger partial charge in [0.15, 0.2) is 0 Å². The second kappa shape index (κ2) is 8.48. The molecule has 8 heteroatoms. The molecular weight excluding hydrogens is 288 g/mol. The van der Waals surface area contributed by atoms with Gasteiger partial charge in [-0.1, -0.05) is 12.8 Å². The van der Waals surface area contributed by atoms with E-state index in [-0.39, 0.29) is 12.5 Å². The number of unbranched alkanes of at least 4 members (excludes halogenated alkanes) is 3. The van der Waals surface area contributed by atoms with Crippen LogP contribution in [0.25, 0.3) is 11.4 Å². The number of tetrazole rings is 1. The molecule has 0 spiro atoms. The highest BCUT2D eigenvalue weighted by Gasteiger charge is 2.05. The number of hydrogen-bond acceptors (Lipinski definition) is 6. The molecule has 0 saturated heterocycles. The molecule has 0 bridgehead atoms. The van der Waals surface area contributed by atoms with Gasteiger partial charge in [-0.2, -0.15) is 16.1 Å². The Morgan fingerprint density at radius 1 is 1.33 bits per heavy atom. The third-order valence-electron chi connectivity index (χ3n) is 3.02. The van der Waals surface area contributed by atoms with Gasteiger partial charge in [0, 0.05) is 17.5 Å². The SMILES string of the molecule is NCC(=O)NCCCCCCn1nnc(-c2ccsc2)n1. The van der Waals surface area contributed by atoms with Gasteiger partial charge < -0.3 is 11.1 Å². The predicted molar refractivity (Wildman–Crippen MR) is 81.7 cm³/mol. The monoisotopic (exact) mass is 308 g/mol. The lowest BCUT2D eigenvalue weighted by molar-refractivity contribution is -0.119. The normalized spacial score (nSPS) is 10.7. The molecule has 0 aromatic carbocycles. The van der Waals surface area contributed by atoms with Crippen LogP contribution in [0.1, 0.15) is 25.7 Å². The summed E-state index contributed by atoms with van der Waals surface area (Å²) in [6, 6.07) is 1.99. The van der Waals surface area contributed by atoms with Crippen molar-refractivity contribution in [3.05, 3.63) is 16.8 Å². The molecule has 0 aliphatic rings. The Bertz CT molecular complexity index is 539. The largest absolute Gasteiger partial charge is 0.355 e. The minimum absolute atomic E-state index is 0.0600. The van der Waals surface area contributed by atoms with Gasteiger partial charge >= 0.3 is 0 Å². The number of carbonyl (C=O) groups is 1. The molecule has 3 N–H and O–H groups in total. The van der Waals surface area contributed by atoms with E-state index in [1.54, 1.807) is 16.1 Å². The third kappa shape index (κ3) is 5.24. The Balaban J connectivity index is 1.58. The Morgan fingerprint density at radius 2 is 2.19 bits per heavy atom. The van der Waals surface area contributed by atoms with Crippen LogP contribution in [0.2, 0.25) is 0 Å². The first-order chi connectivity index (χ1) is 10.3.